The average Bonchev–Trinajstić information content (AvgIpc) is 2.64. The third kappa shape index (κ3) is 6.09. The van der Waals surface area contributed by atoms with Crippen molar-refractivity contribution in [2.75, 3.05) is 12.3 Å². The lowest BCUT2D eigenvalue weighted by atomic mass is 10.1. The maximum atomic E-state index is 14.6. The minimum atomic E-state index is -0.461. The maximum absolute atomic E-state index is 14.6. The molecule has 0 aliphatic carbocycles. The van der Waals surface area contributed by atoms with E-state index in [0.717, 1.165) is 25.0 Å². The normalized spacial score (nSPS) is 10.9. The van der Waals surface area contributed by atoms with Gasteiger partial charge in [0.25, 0.3) is 5.91 Å². The van der Waals surface area contributed by atoms with Crippen LogP contribution in [0.2, 0.25) is 0 Å². The summed E-state index contributed by atoms with van der Waals surface area (Å²) in [6.07, 6.45) is 6.92. The Balaban J connectivity index is 1.93. The molecule has 0 aliphatic rings. The van der Waals surface area contributed by atoms with E-state index in [9.17, 15) is 9.18 Å². The van der Waals surface area contributed by atoms with Gasteiger partial charge in [0.15, 0.2) is 11.6 Å². The number of rotatable bonds is 9. The Morgan fingerprint density at radius 1 is 1.30 bits per heavy atom. The Morgan fingerprint density at radius 2 is 2.11 bits per heavy atom. The summed E-state index contributed by atoms with van der Waals surface area (Å²) in [5.74, 6) is -0.509. The topological polar surface area (TPSA) is 77.2 Å². The number of nitrogens with zero attached hydrogens (tertiary/aromatic N) is 1. The number of ether oxygens (including phenoxy) is 1. The molecule has 0 radical (unpaired) electrons. The summed E-state index contributed by atoms with van der Waals surface area (Å²) in [4.78, 5) is 16.3. The zero-order chi connectivity index (χ0) is 19.6. The quantitative estimate of drug-likeness (QED) is 0.512. The summed E-state index contributed by atoms with van der Waals surface area (Å²) < 4.78 is 20.1. The number of halogens is 1. The Labute approximate surface area is 159 Å². The van der Waals surface area contributed by atoms with Gasteiger partial charge >= 0.3 is 0 Å². The van der Waals surface area contributed by atoms with Crippen LogP contribution in [0.4, 0.5) is 10.2 Å². The van der Waals surface area contributed by atoms with Crippen LogP contribution in [0.3, 0.4) is 0 Å². The van der Waals surface area contributed by atoms with Gasteiger partial charge in [0.1, 0.15) is 5.82 Å². The number of carbonyl (C=O) groups is 1. The van der Waals surface area contributed by atoms with Gasteiger partial charge in [-0.05, 0) is 44.4 Å². The number of anilines is 1. The molecule has 27 heavy (non-hydrogen) atoms. The molecule has 0 unspecified atom stereocenters. The molecule has 0 fully saturated rings. The number of hydrogen-bond acceptors (Lipinski definition) is 4. The first-order valence-electron chi connectivity index (χ1n) is 9.09. The summed E-state index contributed by atoms with van der Waals surface area (Å²) in [5.41, 5.74) is 7.12. The number of aromatic nitrogens is 1. The zero-order valence-electron chi connectivity index (χ0n) is 15.8. The van der Waals surface area contributed by atoms with E-state index < -0.39 is 11.7 Å². The van der Waals surface area contributed by atoms with Crippen LogP contribution >= 0.6 is 0 Å². The van der Waals surface area contributed by atoms with Crippen molar-refractivity contribution in [3.05, 3.63) is 65.1 Å². The van der Waals surface area contributed by atoms with E-state index in [1.807, 2.05) is 0 Å². The molecule has 1 amide bonds. The van der Waals surface area contributed by atoms with Gasteiger partial charge < -0.3 is 15.8 Å². The number of nitrogens with two attached hydrogens (primary N) is 1. The van der Waals surface area contributed by atoms with E-state index in [4.69, 9.17) is 10.5 Å². The van der Waals surface area contributed by atoms with Crippen molar-refractivity contribution in [1.29, 1.82) is 0 Å². The molecule has 0 bridgehead atoms. The molecule has 0 spiro atoms. The molecule has 1 aromatic heterocycles. The molecule has 1 aromatic carbocycles. The monoisotopic (exact) mass is 371 g/mol. The number of amides is 1. The summed E-state index contributed by atoms with van der Waals surface area (Å²) in [7, 11) is 0. The lowest BCUT2D eigenvalue weighted by Gasteiger charge is -2.11. The third-order valence-corrected chi connectivity index (χ3v) is 3.97. The van der Waals surface area contributed by atoms with Crippen LogP contribution in [0.5, 0.6) is 5.75 Å². The standard InChI is InChI=1S/C21H26FN3O2/c1-3-4-5-6-7-13-27-18-10-8-9-16(19(18)22)14-24-21(26)17-12-11-15(2)25-20(17)23/h4-5,8-12H,3,6-7,13-14H2,1-2H3,(H2,23,25)(H,24,26)/b5-4+. The zero-order valence-corrected chi connectivity index (χ0v) is 15.8. The van der Waals surface area contributed by atoms with Crippen LogP contribution < -0.4 is 15.8 Å². The van der Waals surface area contributed by atoms with E-state index in [-0.39, 0.29) is 23.7 Å². The average molecular weight is 371 g/mol. The highest BCUT2D eigenvalue weighted by Gasteiger charge is 2.13. The highest BCUT2D eigenvalue weighted by molar-refractivity contribution is 5.98. The fraction of sp³-hybridized carbons (Fsp3) is 0.333. The maximum Gasteiger partial charge on any atom is 0.255 e. The van der Waals surface area contributed by atoms with Crippen LogP contribution in [0, 0.1) is 12.7 Å². The number of hydrogen-bond donors (Lipinski definition) is 2. The summed E-state index contributed by atoms with van der Waals surface area (Å²) in [5, 5.41) is 2.67. The van der Waals surface area contributed by atoms with Gasteiger partial charge in [0.05, 0.1) is 12.2 Å². The number of allylic oxidation sites excluding steroid dienone is 2. The second-order valence-corrected chi connectivity index (χ2v) is 6.17. The molecule has 0 saturated heterocycles. The first kappa shape index (κ1) is 20.4. The summed E-state index contributed by atoms with van der Waals surface area (Å²) in [6.45, 7) is 4.34. The van der Waals surface area contributed by atoms with Crippen LogP contribution in [-0.4, -0.2) is 17.5 Å². The Hall–Kier alpha value is -2.89. The lowest BCUT2D eigenvalue weighted by Crippen LogP contribution is -2.24. The molecule has 1 heterocycles. The molecule has 0 saturated carbocycles. The number of aryl methyl sites for hydroxylation is 1. The van der Waals surface area contributed by atoms with E-state index in [2.05, 4.69) is 29.4 Å². The summed E-state index contributed by atoms with van der Waals surface area (Å²) >= 11 is 0. The minimum absolute atomic E-state index is 0.0361. The van der Waals surface area contributed by atoms with E-state index in [0.29, 0.717) is 12.2 Å². The first-order valence-corrected chi connectivity index (χ1v) is 9.09. The number of carbonyl (C=O) groups excluding carboxylic acids is 1. The minimum Gasteiger partial charge on any atom is -0.490 e. The number of pyridine rings is 1. The van der Waals surface area contributed by atoms with E-state index in [1.165, 1.54) is 0 Å². The van der Waals surface area contributed by atoms with Crippen molar-refractivity contribution in [2.24, 2.45) is 0 Å². The lowest BCUT2D eigenvalue weighted by molar-refractivity contribution is 0.0951. The molecular formula is C21H26FN3O2. The highest BCUT2D eigenvalue weighted by Crippen LogP contribution is 2.21. The number of nitrogen functional groups attached to an aromatic ring is 1. The van der Waals surface area contributed by atoms with Crippen molar-refractivity contribution < 1.29 is 13.9 Å². The van der Waals surface area contributed by atoms with E-state index in [1.54, 1.807) is 37.3 Å². The second kappa shape index (κ2) is 10.3. The van der Waals surface area contributed by atoms with Crippen LogP contribution in [0.15, 0.2) is 42.5 Å². The van der Waals surface area contributed by atoms with Gasteiger partial charge in [-0.2, -0.15) is 0 Å². The molecule has 0 atom stereocenters. The Kier molecular flexibility index (Phi) is 7.79. The number of unbranched alkanes of at least 4 members (excludes halogenated alkanes) is 1. The van der Waals surface area contributed by atoms with Gasteiger partial charge in [-0.25, -0.2) is 9.37 Å². The van der Waals surface area contributed by atoms with Gasteiger partial charge in [-0.15, -0.1) is 0 Å². The number of benzene rings is 1. The van der Waals surface area contributed by atoms with Gasteiger partial charge in [-0.3, -0.25) is 4.79 Å². The molecule has 0 aliphatic heterocycles. The second-order valence-electron chi connectivity index (χ2n) is 6.17. The SMILES string of the molecule is CC/C=C/CCCOc1cccc(CNC(=O)c2ccc(C)nc2N)c1F. The number of nitrogens with one attached hydrogen (secondary N) is 1. The van der Waals surface area contributed by atoms with Crippen molar-refractivity contribution >= 4 is 11.7 Å². The molecular weight excluding hydrogens is 345 g/mol. The fourth-order valence-corrected chi connectivity index (χ4v) is 2.51. The highest BCUT2D eigenvalue weighted by atomic mass is 19.1. The smallest absolute Gasteiger partial charge is 0.255 e. The van der Waals surface area contributed by atoms with Gasteiger partial charge in [0.2, 0.25) is 0 Å². The predicted molar refractivity (Wildman–Crippen MR) is 105 cm³/mol. The van der Waals surface area contributed by atoms with Crippen LogP contribution in [0.1, 0.15) is 47.8 Å². The van der Waals surface area contributed by atoms with Crippen molar-refractivity contribution in [2.45, 2.75) is 39.7 Å². The fourth-order valence-electron chi connectivity index (χ4n) is 2.51. The molecule has 2 aromatic rings. The molecule has 5 nitrogen and oxygen atoms in total. The largest absolute Gasteiger partial charge is 0.490 e. The Morgan fingerprint density at radius 3 is 2.85 bits per heavy atom. The van der Waals surface area contributed by atoms with Crippen molar-refractivity contribution in [3.63, 3.8) is 0 Å². The van der Waals surface area contributed by atoms with Crippen LogP contribution in [-0.2, 0) is 6.54 Å². The van der Waals surface area contributed by atoms with Crippen molar-refractivity contribution in [3.8, 4) is 5.75 Å². The molecule has 144 valence electrons. The van der Waals surface area contributed by atoms with Gasteiger partial charge in [-0.1, -0.05) is 31.2 Å². The van der Waals surface area contributed by atoms with E-state index >= 15 is 0 Å². The van der Waals surface area contributed by atoms with Crippen LogP contribution in [0.25, 0.3) is 0 Å². The third-order valence-electron chi connectivity index (χ3n) is 3.97. The van der Waals surface area contributed by atoms with Gasteiger partial charge in [0, 0.05) is 17.8 Å². The predicted octanol–water partition coefficient (Wildman–Crippen LogP) is 4.17. The first-order chi connectivity index (χ1) is 13.0. The van der Waals surface area contributed by atoms with Crippen molar-refractivity contribution in [1.82, 2.24) is 10.3 Å². The molecule has 3 N–H and O–H groups in total. The molecule has 2 rings (SSSR count). The molecule has 6 heteroatoms. The Bertz CT molecular complexity index is 806. The summed E-state index contributed by atoms with van der Waals surface area (Å²) in [6, 6.07) is 8.22.